The molecular weight excluding hydrogens is 194 g/mol. The quantitative estimate of drug-likeness (QED) is 0.725. The number of nitrogens with two attached hydrogens (primary N) is 1. The van der Waals surface area contributed by atoms with Crippen LogP contribution in [0.1, 0.15) is 13.8 Å². The van der Waals surface area contributed by atoms with Gasteiger partial charge < -0.3 is 10.5 Å². The Morgan fingerprint density at radius 3 is 2.53 bits per heavy atom. The number of hydrogen-bond acceptors (Lipinski definition) is 3. The highest BCUT2D eigenvalue weighted by atomic mass is 16.5. The standard InChI is InChI=1S/C10H19N3O2/c1-3-12-5-6-13(10(12)14)8-9(7-11)15-4-2/h5-6,9H,3-4,7-8,11H2,1-2H3. The number of aromatic nitrogens is 2. The maximum atomic E-state index is 11.7. The molecule has 86 valence electrons. The highest BCUT2D eigenvalue weighted by Gasteiger charge is 2.09. The van der Waals surface area contributed by atoms with Crippen LogP contribution in [0, 0.1) is 0 Å². The fourth-order valence-corrected chi connectivity index (χ4v) is 1.48. The molecule has 5 nitrogen and oxygen atoms in total. The van der Waals surface area contributed by atoms with Gasteiger partial charge in [-0.2, -0.15) is 0 Å². The average molecular weight is 213 g/mol. The van der Waals surface area contributed by atoms with Crippen LogP contribution in [0.4, 0.5) is 0 Å². The highest BCUT2D eigenvalue weighted by Crippen LogP contribution is 1.94. The van der Waals surface area contributed by atoms with Gasteiger partial charge in [0, 0.05) is 32.1 Å². The molecule has 15 heavy (non-hydrogen) atoms. The second kappa shape index (κ2) is 5.72. The van der Waals surface area contributed by atoms with E-state index in [0.717, 1.165) is 0 Å². The Morgan fingerprint density at radius 1 is 1.40 bits per heavy atom. The van der Waals surface area contributed by atoms with Crippen LogP contribution in [0.2, 0.25) is 0 Å². The molecule has 0 saturated carbocycles. The van der Waals surface area contributed by atoms with E-state index in [9.17, 15) is 4.79 Å². The summed E-state index contributed by atoms with van der Waals surface area (Å²) in [5, 5.41) is 0. The van der Waals surface area contributed by atoms with E-state index in [1.54, 1.807) is 21.5 Å². The number of rotatable bonds is 6. The number of aryl methyl sites for hydroxylation is 1. The van der Waals surface area contributed by atoms with Crippen LogP contribution < -0.4 is 11.4 Å². The summed E-state index contributed by atoms with van der Waals surface area (Å²) >= 11 is 0. The maximum Gasteiger partial charge on any atom is 0.328 e. The summed E-state index contributed by atoms with van der Waals surface area (Å²) < 4.78 is 8.69. The van der Waals surface area contributed by atoms with Gasteiger partial charge in [-0.15, -0.1) is 0 Å². The Morgan fingerprint density at radius 2 is 2.07 bits per heavy atom. The lowest BCUT2D eigenvalue weighted by atomic mass is 10.3. The minimum Gasteiger partial charge on any atom is -0.375 e. The molecule has 0 bridgehead atoms. The van der Waals surface area contributed by atoms with Gasteiger partial charge in [0.05, 0.1) is 12.6 Å². The van der Waals surface area contributed by atoms with E-state index in [0.29, 0.717) is 26.2 Å². The maximum absolute atomic E-state index is 11.7. The molecule has 0 saturated heterocycles. The highest BCUT2D eigenvalue weighted by molar-refractivity contribution is 4.82. The molecule has 2 N–H and O–H groups in total. The Bertz CT molecular complexity index is 343. The molecule has 1 aromatic heterocycles. The van der Waals surface area contributed by atoms with Crippen molar-refractivity contribution in [3.63, 3.8) is 0 Å². The second-order valence-corrected chi connectivity index (χ2v) is 3.33. The van der Waals surface area contributed by atoms with Crippen LogP contribution in [0.25, 0.3) is 0 Å². The summed E-state index contributed by atoms with van der Waals surface area (Å²) in [4.78, 5) is 11.7. The van der Waals surface area contributed by atoms with Gasteiger partial charge in [0.2, 0.25) is 0 Å². The van der Waals surface area contributed by atoms with E-state index >= 15 is 0 Å². The molecule has 0 amide bonds. The third kappa shape index (κ3) is 2.94. The molecule has 1 unspecified atom stereocenters. The van der Waals surface area contributed by atoms with Crippen molar-refractivity contribution in [1.82, 2.24) is 9.13 Å². The van der Waals surface area contributed by atoms with E-state index in [1.165, 1.54) is 0 Å². The molecule has 0 spiro atoms. The van der Waals surface area contributed by atoms with Crippen LogP contribution in [0.3, 0.4) is 0 Å². The van der Waals surface area contributed by atoms with E-state index < -0.39 is 0 Å². The molecule has 0 aromatic carbocycles. The van der Waals surface area contributed by atoms with Crippen LogP contribution in [-0.2, 0) is 17.8 Å². The Hall–Kier alpha value is -1.07. The predicted octanol–water partition coefficient (Wildman–Crippen LogP) is 0.0335. The van der Waals surface area contributed by atoms with Gasteiger partial charge in [-0.1, -0.05) is 0 Å². The molecule has 0 aliphatic carbocycles. The van der Waals surface area contributed by atoms with Crippen molar-refractivity contribution < 1.29 is 4.74 Å². The van der Waals surface area contributed by atoms with Crippen LogP contribution in [-0.4, -0.2) is 28.4 Å². The smallest absolute Gasteiger partial charge is 0.328 e. The fourth-order valence-electron chi connectivity index (χ4n) is 1.48. The van der Waals surface area contributed by atoms with Gasteiger partial charge in [-0.25, -0.2) is 4.79 Å². The molecule has 1 aromatic rings. The van der Waals surface area contributed by atoms with E-state index in [2.05, 4.69) is 0 Å². The number of hydrogen-bond donors (Lipinski definition) is 1. The first-order chi connectivity index (χ1) is 7.22. The summed E-state index contributed by atoms with van der Waals surface area (Å²) in [6.07, 6.45) is 3.47. The first-order valence-corrected chi connectivity index (χ1v) is 5.30. The molecule has 1 heterocycles. The summed E-state index contributed by atoms with van der Waals surface area (Å²) in [7, 11) is 0. The van der Waals surface area contributed by atoms with Gasteiger partial charge in [0.1, 0.15) is 0 Å². The van der Waals surface area contributed by atoms with Crippen molar-refractivity contribution >= 4 is 0 Å². The lowest BCUT2D eigenvalue weighted by Gasteiger charge is -2.14. The lowest BCUT2D eigenvalue weighted by Crippen LogP contribution is -2.33. The van der Waals surface area contributed by atoms with Crippen molar-refractivity contribution in [2.75, 3.05) is 13.2 Å². The molecule has 0 aliphatic heterocycles. The monoisotopic (exact) mass is 213 g/mol. The Balaban J connectivity index is 2.70. The predicted molar refractivity (Wildman–Crippen MR) is 58.8 cm³/mol. The van der Waals surface area contributed by atoms with Crippen molar-refractivity contribution in [2.24, 2.45) is 5.73 Å². The minimum atomic E-state index is -0.0830. The number of nitrogens with zero attached hydrogens (tertiary/aromatic N) is 2. The molecule has 5 heteroatoms. The first-order valence-electron chi connectivity index (χ1n) is 5.30. The Labute approximate surface area is 89.4 Å². The zero-order valence-corrected chi connectivity index (χ0v) is 9.35. The van der Waals surface area contributed by atoms with Gasteiger partial charge in [0.25, 0.3) is 0 Å². The van der Waals surface area contributed by atoms with Crippen molar-refractivity contribution in [1.29, 1.82) is 0 Å². The van der Waals surface area contributed by atoms with E-state index in [4.69, 9.17) is 10.5 Å². The summed E-state index contributed by atoms with van der Waals surface area (Å²) in [5.41, 5.74) is 5.54. The molecule has 0 aliphatic rings. The van der Waals surface area contributed by atoms with Gasteiger partial charge in [-0.3, -0.25) is 9.13 Å². The summed E-state index contributed by atoms with van der Waals surface area (Å²) in [6.45, 7) is 6.12. The van der Waals surface area contributed by atoms with Gasteiger partial charge >= 0.3 is 5.69 Å². The second-order valence-electron chi connectivity index (χ2n) is 3.33. The average Bonchev–Trinajstić information content (AvgIpc) is 2.59. The zero-order chi connectivity index (χ0) is 11.3. The van der Waals surface area contributed by atoms with Gasteiger partial charge in [-0.05, 0) is 13.8 Å². The van der Waals surface area contributed by atoms with E-state index in [1.807, 2.05) is 13.8 Å². The van der Waals surface area contributed by atoms with Crippen molar-refractivity contribution in [3.05, 3.63) is 22.9 Å². The number of ether oxygens (including phenoxy) is 1. The zero-order valence-electron chi connectivity index (χ0n) is 9.35. The SMILES string of the molecule is CCOC(CN)Cn1ccn(CC)c1=O. The third-order valence-electron chi connectivity index (χ3n) is 2.32. The Kier molecular flexibility index (Phi) is 4.58. The van der Waals surface area contributed by atoms with Crippen molar-refractivity contribution in [3.8, 4) is 0 Å². The normalized spacial score (nSPS) is 13.0. The van der Waals surface area contributed by atoms with Crippen molar-refractivity contribution in [2.45, 2.75) is 33.0 Å². The van der Waals surface area contributed by atoms with Crippen LogP contribution in [0.5, 0.6) is 0 Å². The van der Waals surface area contributed by atoms with Gasteiger partial charge in [0.15, 0.2) is 0 Å². The minimum absolute atomic E-state index is 0.00402. The molecule has 1 atom stereocenters. The fraction of sp³-hybridized carbons (Fsp3) is 0.700. The van der Waals surface area contributed by atoms with E-state index in [-0.39, 0.29) is 11.8 Å². The third-order valence-corrected chi connectivity index (χ3v) is 2.32. The number of imidazole rings is 1. The van der Waals surface area contributed by atoms with Crippen LogP contribution in [0.15, 0.2) is 17.2 Å². The largest absolute Gasteiger partial charge is 0.375 e. The molecule has 0 fully saturated rings. The first kappa shape index (κ1) is 12.0. The molecule has 1 rings (SSSR count). The van der Waals surface area contributed by atoms with Crippen LogP contribution >= 0.6 is 0 Å². The molecular formula is C10H19N3O2. The molecule has 0 radical (unpaired) electrons. The summed E-state index contributed by atoms with van der Waals surface area (Å²) in [6, 6.07) is 0. The summed E-state index contributed by atoms with van der Waals surface area (Å²) in [5.74, 6) is 0. The lowest BCUT2D eigenvalue weighted by molar-refractivity contribution is 0.0560. The topological polar surface area (TPSA) is 62.2 Å².